The minimum absolute atomic E-state index is 0.237. The second kappa shape index (κ2) is 7.67. The van der Waals surface area contributed by atoms with E-state index in [0.29, 0.717) is 6.61 Å². The number of nitrogens with zero attached hydrogens (tertiary/aromatic N) is 1. The predicted octanol–water partition coefficient (Wildman–Crippen LogP) is 1.69. The van der Waals surface area contributed by atoms with Crippen molar-refractivity contribution in [3.8, 4) is 0 Å². The van der Waals surface area contributed by atoms with Crippen molar-refractivity contribution in [2.45, 2.75) is 31.5 Å². The molecule has 7 nitrogen and oxygen atoms in total. The summed E-state index contributed by atoms with van der Waals surface area (Å²) in [5.74, 6) is -1.08. The van der Waals surface area contributed by atoms with Crippen molar-refractivity contribution in [3.05, 3.63) is 80.9 Å². The van der Waals surface area contributed by atoms with Crippen LogP contribution in [0.15, 0.2) is 58.3 Å². The molecule has 0 aliphatic carbocycles. The van der Waals surface area contributed by atoms with Gasteiger partial charge in [0.05, 0.1) is 25.5 Å². The summed E-state index contributed by atoms with van der Waals surface area (Å²) < 4.78 is 26.2. The Morgan fingerprint density at radius 1 is 1.21 bits per heavy atom. The zero-order valence-electron chi connectivity index (χ0n) is 14.9. The maximum Gasteiger partial charge on any atom is 0.330 e. The average molecular weight is 386 g/mol. The van der Waals surface area contributed by atoms with Crippen molar-refractivity contribution in [1.82, 2.24) is 9.55 Å². The molecule has 1 unspecified atom stereocenters. The molecule has 8 heteroatoms. The van der Waals surface area contributed by atoms with Crippen LogP contribution in [0.4, 0.5) is 4.39 Å². The monoisotopic (exact) mass is 386 g/mol. The van der Waals surface area contributed by atoms with Crippen LogP contribution in [-0.2, 0) is 16.1 Å². The van der Waals surface area contributed by atoms with E-state index in [1.807, 2.05) is 47.4 Å². The van der Waals surface area contributed by atoms with Gasteiger partial charge in [0.15, 0.2) is 0 Å². The molecule has 1 aromatic heterocycles. The molecule has 28 heavy (non-hydrogen) atoms. The number of halogens is 1. The Morgan fingerprint density at radius 3 is 2.82 bits per heavy atom. The minimum atomic E-state index is -1.08. The summed E-state index contributed by atoms with van der Waals surface area (Å²) in [6.45, 7) is -0.00915. The second-order valence-corrected chi connectivity index (χ2v) is 6.68. The van der Waals surface area contributed by atoms with Crippen molar-refractivity contribution in [2.24, 2.45) is 0 Å². The number of rotatable bonds is 5. The van der Waals surface area contributed by atoms with Gasteiger partial charge >= 0.3 is 5.69 Å². The predicted molar refractivity (Wildman–Crippen MR) is 99.4 cm³/mol. The van der Waals surface area contributed by atoms with E-state index in [9.17, 15) is 19.1 Å². The molecule has 4 rings (SSSR count). The Hall–Kier alpha value is -2.81. The topological polar surface area (TPSA) is 93.6 Å². The van der Waals surface area contributed by atoms with Crippen LogP contribution in [0.2, 0.25) is 0 Å². The molecule has 1 aliphatic rings. The number of hydrogen-bond acceptors (Lipinski definition) is 5. The molecule has 2 aromatic carbocycles. The Labute approximate surface area is 159 Å². The lowest BCUT2D eigenvalue weighted by Gasteiger charge is -2.17. The SMILES string of the molecule is O=c1[nH]c(=O)n([C@@H]2CC(OCc3cccc4ccccc34)[C@H](CO)O2)cc1F. The summed E-state index contributed by atoms with van der Waals surface area (Å²) in [6.07, 6.45) is -0.944. The first kappa shape index (κ1) is 18.5. The number of aliphatic hydroxyl groups is 1. The molecule has 0 spiro atoms. The average Bonchev–Trinajstić information content (AvgIpc) is 3.12. The molecule has 1 fully saturated rings. The van der Waals surface area contributed by atoms with E-state index < -0.39 is 35.5 Å². The lowest BCUT2D eigenvalue weighted by Crippen LogP contribution is -2.34. The Balaban J connectivity index is 1.53. The second-order valence-electron chi connectivity index (χ2n) is 6.68. The van der Waals surface area contributed by atoms with Gasteiger partial charge in [0.25, 0.3) is 5.56 Å². The molecule has 0 saturated carbocycles. The normalized spacial score (nSPS) is 22.0. The van der Waals surface area contributed by atoms with Gasteiger partial charge in [-0.05, 0) is 16.3 Å². The number of aromatic amines is 1. The number of aromatic nitrogens is 2. The van der Waals surface area contributed by atoms with Crippen molar-refractivity contribution >= 4 is 10.8 Å². The van der Waals surface area contributed by atoms with Crippen LogP contribution < -0.4 is 11.2 Å². The minimum Gasteiger partial charge on any atom is -0.394 e. The first-order valence-electron chi connectivity index (χ1n) is 8.92. The van der Waals surface area contributed by atoms with Gasteiger partial charge in [-0.1, -0.05) is 42.5 Å². The summed E-state index contributed by atoms with van der Waals surface area (Å²) >= 11 is 0. The van der Waals surface area contributed by atoms with Gasteiger partial charge in [-0.25, -0.2) is 4.79 Å². The Morgan fingerprint density at radius 2 is 2.00 bits per heavy atom. The third kappa shape index (κ3) is 3.49. The van der Waals surface area contributed by atoms with E-state index in [1.165, 1.54) is 0 Å². The highest BCUT2D eigenvalue weighted by molar-refractivity contribution is 5.85. The Bertz CT molecular complexity index is 1100. The molecule has 3 atom stereocenters. The van der Waals surface area contributed by atoms with Crippen LogP contribution >= 0.6 is 0 Å². The van der Waals surface area contributed by atoms with Gasteiger partial charge in [0.2, 0.25) is 5.82 Å². The molecule has 146 valence electrons. The van der Waals surface area contributed by atoms with E-state index >= 15 is 0 Å². The first-order chi connectivity index (χ1) is 13.6. The number of aliphatic hydroxyl groups excluding tert-OH is 1. The summed E-state index contributed by atoms with van der Waals surface area (Å²) in [5, 5.41) is 11.8. The third-order valence-corrected chi connectivity index (χ3v) is 4.93. The van der Waals surface area contributed by atoms with Gasteiger partial charge in [-0.3, -0.25) is 14.3 Å². The molecule has 1 aliphatic heterocycles. The zero-order chi connectivity index (χ0) is 19.7. The number of hydrogen-bond donors (Lipinski definition) is 2. The molecule has 0 amide bonds. The van der Waals surface area contributed by atoms with E-state index in [2.05, 4.69) is 0 Å². The van der Waals surface area contributed by atoms with Crippen LogP contribution in [0, 0.1) is 5.82 Å². The van der Waals surface area contributed by atoms with E-state index in [0.717, 1.165) is 27.1 Å². The molecular weight excluding hydrogens is 367 g/mol. The molecule has 0 radical (unpaired) electrons. The molecular formula is C20H19FN2O5. The van der Waals surface area contributed by atoms with Crippen molar-refractivity contribution < 1.29 is 19.0 Å². The van der Waals surface area contributed by atoms with E-state index in [4.69, 9.17) is 9.47 Å². The third-order valence-electron chi connectivity index (χ3n) is 4.93. The maximum atomic E-state index is 13.6. The fourth-order valence-corrected chi connectivity index (χ4v) is 3.50. The van der Waals surface area contributed by atoms with Crippen LogP contribution in [0.5, 0.6) is 0 Å². The molecule has 2 N–H and O–H groups in total. The quantitative estimate of drug-likeness (QED) is 0.696. The number of benzene rings is 2. The molecule has 1 saturated heterocycles. The number of fused-ring (bicyclic) bond motifs is 1. The van der Waals surface area contributed by atoms with Crippen LogP contribution in [0.25, 0.3) is 10.8 Å². The first-order valence-corrected chi connectivity index (χ1v) is 8.92. The van der Waals surface area contributed by atoms with Gasteiger partial charge in [0, 0.05) is 6.42 Å². The summed E-state index contributed by atoms with van der Waals surface area (Å²) in [5.41, 5.74) is -0.866. The highest BCUT2D eigenvalue weighted by atomic mass is 19.1. The van der Waals surface area contributed by atoms with Crippen LogP contribution in [-0.4, -0.2) is 33.5 Å². The molecule has 3 aromatic rings. The van der Waals surface area contributed by atoms with E-state index in [1.54, 1.807) is 0 Å². The summed E-state index contributed by atoms with van der Waals surface area (Å²) in [6, 6.07) is 13.9. The van der Waals surface area contributed by atoms with Gasteiger partial charge < -0.3 is 14.6 Å². The lowest BCUT2D eigenvalue weighted by molar-refractivity contribution is -0.0658. The summed E-state index contributed by atoms with van der Waals surface area (Å²) in [4.78, 5) is 25.1. The van der Waals surface area contributed by atoms with Crippen LogP contribution in [0.1, 0.15) is 18.2 Å². The summed E-state index contributed by atoms with van der Waals surface area (Å²) in [7, 11) is 0. The van der Waals surface area contributed by atoms with E-state index in [-0.39, 0.29) is 13.0 Å². The highest BCUT2D eigenvalue weighted by Gasteiger charge is 2.37. The standard InChI is InChI=1S/C20H19FN2O5/c21-15-9-23(20(26)22-19(15)25)18-8-16(17(10-24)28-18)27-11-13-6-3-5-12-4-1-2-7-14(12)13/h1-7,9,16-18,24H,8,10-11H2,(H,22,25,26)/t16?,17-,18-/m0/s1. The molecule has 2 heterocycles. The lowest BCUT2D eigenvalue weighted by atomic mass is 10.1. The van der Waals surface area contributed by atoms with Crippen molar-refractivity contribution in [1.29, 1.82) is 0 Å². The van der Waals surface area contributed by atoms with Crippen molar-refractivity contribution in [3.63, 3.8) is 0 Å². The smallest absolute Gasteiger partial charge is 0.330 e. The largest absolute Gasteiger partial charge is 0.394 e. The van der Waals surface area contributed by atoms with Crippen molar-refractivity contribution in [2.75, 3.05) is 6.61 Å². The molecule has 0 bridgehead atoms. The maximum absolute atomic E-state index is 13.6. The van der Waals surface area contributed by atoms with Gasteiger partial charge in [-0.15, -0.1) is 0 Å². The van der Waals surface area contributed by atoms with Gasteiger partial charge in [-0.2, -0.15) is 4.39 Å². The fraction of sp³-hybridized carbons (Fsp3) is 0.300. The van der Waals surface area contributed by atoms with Crippen LogP contribution in [0.3, 0.4) is 0 Å². The number of ether oxygens (including phenoxy) is 2. The number of H-pyrrole nitrogens is 1. The Kier molecular flexibility index (Phi) is 5.08. The zero-order valence-corrected chi connectivity index (χ0v) is 14.9. The fourth-order valence-electron chi connectivity index (χ4n) is 3.50. The highest BCUT2D eigenvalue weighted by Crippen LogP contribution is 2.31. The number of nitrogens with one attached hydrogen (secondary N) is 1. The van der Waals surface area contributed by atoms with Gasteiger partial charge in [0.1, 0.15) is 12.3 Å².